The van der Waals surface area contributed by atoms with Crippen LogP contribution in [-0.2, 0) is 15.8 Å². The highest BCUT2D eigenvalue weighted by molar-refractivity contribution is 6.34. The van der Waals surface area contributed by atoms with Crippen LogP contribution in [0.25, 0.3) is 0 Å². The average molecular weight is 433 g/mol. The van der Waals surface area contributed by atoms with Crippen molar-refractivity contribution in [2.45, 2.75) is 19.1 Å². The highest BCUT2D eigenvalue weighted by atomic mass is 35.5. The van der Waals surface area contributed by atoms with E-state index in [1.54, 1.807) is 12.1 Å². The summed E-state index contributed by atoms with van der Waals surface area (Å²) in [5.41, 5.74) is -0.874. The zero-order chi connectivity index (χ0) is 20.6. The van der Waals surface area contributed by atoms with Crippen molar-refractivity contribution in [1.29, 1.82) is 0 Å². The number of anilines is 2. The lowest BCUT2D eigenvalue weighted by Crippen LogP contribution is -2.49. The summed E-state index contributed by atoms with van der Waals surface area (Å²) >= 11 is 11.9. The van der Waals surface area contributed by atoms with Gasteiger partial charge in [0.1, 0.15) is 11.8 Å². The molecule has 0 saturated heterocycles. The Kier molecular flexibility index (Phi) is 5.45. The van der Waals surface area contributed by atoms with Crippen LogP contribution in [0.3, 0.4) is 0 Å². The van der Waals surface area contributed by atoms with E-state index in [1.807, 2.05) is 0 Å². The van der Waals surface area contributed by atoms with Gasteiger partial charge in [-0.25, -0.2) is 0 Å². The third-order valence-corrected chi connectivity index (χ3v) is 4.68. The molecule has 0 radical (unpaired) electrons. The molecule has 0 bridgehead atoms. The average Bonchev–Trinajstić information content (AvgIpc) is 2.61. The van der Waals surface area contributed by atoms with Crippen molar-refractivity contribution in [3.05, 3.63) is 52.0 Å². The molecule has 10 heteroatoms. The van der Waals surface area contributed by atoms with Gasteiger partial charge in [-0.3, -0.25) is 14.5 Å². The van der Waals surface area contributed by atoms with Crippen LogP contribution in [0.4, 0.5) is 24.5 Å². The second kappa shape index (κ2) is 7.52. The van der Waals surface area contributed by atoms with Crippen LogP contribution in [0.1, 0.15) is 12.5 Å². The van der Waals surface area contributed by atoms with Gasteiger partial charge in [-0.15, -0.1) is 0 Å². The fourth-order valence-electron chi connectivity index (χ4n) is 2.72. The molecule has 28 heavy (non-hydrogen) atoms. The summed E-state index contributed by atoms with van der Waals surface area (Å²) in [6.45, 7) is 1.15. The summed E-state index contributed by atoms with van der Waals surface area (Å²) in [6, 6.07) is 6.13. The Hall–Kier alpha value is -2.45. The van der Waals surface area contributed by atoms with Crippen LogP contribution in [0.15, 0.2) is 36.4 Å². The number of alkyl halides is 3. The van der Waals surface area contributed by atoms with Crippen molar-refractivity contribution < 1.29 is 27.5 Å². The Morgan fingerprint density at radius 1 is 1.21 bits per heavy atom. The van der Waals surface area contributed by atoms with Crippen LogP contribution in [0.2, 0.25) is 10.0 Å². The van der Waals surface area contributed by atoms with E-state index in [0.717, 1.165) is 18.2 Å². The van der Waals surface area contributed by atoms with Crippen LogP contribution >= 0.6 is 23.2 Å². The number of carbonyl (C=O) groups excluding carboxylic acids is 2. The maximum atomic E-state index is 12.9. The minimum absolute atomic E-state index is 0.0645. The molecule has 1 N–H and O–H groups in total. The third-order valence-electron chi connectivity index (χ3n) is 4.12. The van der Waals surface area contributed by atoms with E-state index in [0.29, 0.717) is 16.5 Å². The van der Waals surface area contributed by atoms with E-state index < -0.39 is 29.6 Å². The normalized spacial score (nSPS) is 14.9. The highest BCUT2D eigenvalue weighted by Gasteiger charge is 2.34. The first-order valence-corrected chi connectivity index (χ1v) is 8.75. The maximum absolute atomic E-state index is 12.9. The van der Waals surface area contributed by atoms with Crippen molar-refractivity contribution in [3.8, 4) is 5.75 Å². The van der Waals surface area contributed by atoms with Gasteiger partial charge in [0.25, 0.3) is 5.91 Å². The first-order valence-electron chi connectivity index (χ1n) is 8.00. The molecule has 0 aromatic heterocycles. The van der Waals surface area contributed by atoms with Gasteiger partial charge in [0, 0.05) is 5.02 Å². The molecule has 2 amide bonds. The highest BCUT2D eigenvalue weighted by Crippen LogP contribution is 2.37. The number of nitrogens with one attached hydrogen (secondary N) is 1. The molecule has 5 nitrogen and oxygen atoms in total. The SMILES string of the molecule is CC(C(=O)Nc1cc(C(F)(F)F)ccc1Cl)N1C(=O)COc2ccc(Cl)cc21. The van der Waals surface area contributed by atoms with Gasteiger partial charge in [0.15, 0.2) is 6.61 Å². The number of hydrogen-bond donors (Lipinski definition) is 1. The summed E-state index contributed by atoms with van der Waals surface area (Å²) in [4.78, 5) is 26.2. The first-order chi connectivity index (χ1) is 13.1. The fraction of sp³-hybridized carbons (Fsp3) is 0.222. The van der Waals surface area contributed by atoms with E-state index in [1.165, 1.54) is 17.9 Å². The molecule has 1 aliphatic rings. The van der Waals surface area contributed by atoms with Crippen molar-refractivity contribution in [1.82, 2.24) is 0 Å². The smallest absolute Gasteiger partial charge is 0.416 e. The molecule has 1 aliphatic heterocycles. The molecule has 0 saturated carbocycles. The van der Waals surface area contributed by atoms with Gasteiger partial charge < -0.3 is 10.1 Å². The number of benzene rings is 2. The number of halogens is 5. The summed E-state index contributed by atoms with van der Waals surface area (Å²) in [6.07, 6.45) is -4.59. The minimum Gasteiger partial charge on any atom is -0.482 e. The molecule has 1 atom stereocenters. The van der Waals surface area contributed by atoms with E-state index in [9.17, 15) is 22.8 Å². The Balaban J connectivity index is 1.88. The van der Waals surface area contributed by atoms with Crippen LogP contribution in [0, 0.1) is 0 Å². The molecule has 0 aliphatic carbocycles. The van der Waals surface area contributed by atoms with Gasteiger partial charge in [0.05, 0.1) is 22.0 Å². The molecule has 2 aromatic carbocycles. The zero-order valence-electron chi connectivity index (χ0n) is 14.3. The van der Waals surface area contributed by atoms with Gasteiger partial charge in [-0.05, 0) is 43.3 Å². The van der Waals surface area contributed by atoms with Gasteiger partial charge in [-0.2, -0.15) is 13.2 Å². The molecular formula is C18H13Cl2F3N2O3. The fourth-order valence-corrected chi connectivity index (χ4v) is 3.05. The van der Waals surface area contributed by atoms with Gasteiger partial charge in [-0.1, -0.05) is 23.2 Å². The Labute approximate surface area is 168 Å². The van der Waals surface area contributed by atoms with Crippen molar-refractivity contribution in [2.24, 2.45) is 0 Å². The van der Waals surface area contributed by atoms with E-state index in [4.69, 9.17) is 27.9 Å². The van der Waals surface area contributed by atoms with E-state index in [-0.39, 0.29) is 17.3 Å². The molecule has 0 spiro atoms. The molecule has 148 valence electrons. The Morgan fingerprint density at radius 2 is 1.93 bits per heavy atom. The van der Waals surface area contributed by atoms with E-state index in [2.05, 4.69) is 5.32 Å². The zero-order valence-corrected chi connectivity index (χ0v) is 15.8. The maximum Gasteiger partial charge on any atom is 0.416 e. The predicted octanol–water partition coefficient (Wildman–Crippen LogP) is 4.76. The monoisotopic (exact) mass is 432 g/mol. The van der Waals surface area contributed by atoms with Gasteiger partial charge in [0.2, 0.25) is 5.91 Å². The van der Waals surface area contributed by atoms with Crippen molar-refractivity contribution in [2.75, 3.05) is 16.8 Å². The summed E-state index contributed by atoms with van der Waals surface area (Å²) in [5.74, 6) is -0.851. The number of fused-ring (bicyclic) bond motifs is 1. The van der Waals surface area contributed by atoms with Gasteiger partial charge >= 0.3 is 6.18 Å². The van der Waals surface area contributed by atoms with Crippen molar-refractivity contribution in [3.63, 3.8) is 0 Å². The largest absolute Gasteiger partial charge is 0.482 e. The number of ether oxygens (including phenoxy) is 1. The summed E-state index contributed by atoms with van der Waals surface area (Å²) in [5, 5.41) is 2.61. The third kappa shape index (κ3) is 4.02. The van der Waals surface area contributed by atoms with Crippen molar-refractivity contribution >= 4 is 46.4 Å². The summed E-state index contributed by atoms with van der Waals surface area (Å²) < 4.78 is 44.0. The molecule has 0 fully saturated rings. The number of amides is 2. The topological polar surface area (TPSA) is 58.6 Å². The number of nitrogens with zero attached hydrogens (tertiary/aromatic N) is 1. The number of carbonyl (C=O) groups is 2. The van der Waals surface area contributed by atoms with E-state index >= 15 is 0 Å². The molecular weight excluding hydrogens is 420 g/mol. The predicted molar refractivity (Wildman–Crippen MR) is 99.0 cm³/mol. The second-order valence-electron chi connectivity index (χ2n) is 6.02. The molecule has 2 aromatic rings. The van der Waals surface area contributed by atoms with Crippen LogP contribution in [-0.4, -0.2) is 24.5 Å². The first kappa shape index (κ1) is 20.3. The lowest BCUT2D eigenvalue weighted by molar-refractivity contribution is -0.137. The molecule has 1 unspecified atom stereocenters. The number of rotatable bonds is 3. The standard InChI is InChI=1S/C18H13Cl2F3N2O3/c1-9(25-14-7-11(19)3-5-15(14)28-8-16(25)26)17(27)24-13-6-10(18(21,22)23)2-4-12(13)20/h2-7,9H,8H2,1H3,(H,24,27). The van der Waals surface area contributed by atoms with Crippen LogP contribution < -0.4 is 15.0 Å². The minimum atomic E-state index is -4.59. The summed E-state index contributed by atoms with van der Waals surface area (Å²) in [7, 11) is 0. The molecule has 1 heterocycles. The molecule has 3 rings (SSSR count). The van der Waals surface area contributed by atoms with Crippen LogP contribution in [0.5, 0.6) is 5.75 Å². The second-order valence-corrected chi connectivity index (χ2v) is 6.87. The Morgan fingerprint density at radius 3 is 2.61 bits per heavy atom. The Bertz CT molecular complexity index is 950. The quantitative estimate of drug-likeness (QED) is 0.759. The lowest BCUT2D eigenvalue weighted by Gasteiger charge is -2.33. The number of hydrogen-bond acceptors (Lipinski definition) is 3. The lowest BCUT2D eigenvalue weighted by atomic mass is 10.1.